The van der Waals surface area contributed by atoms with Crippen molar-refractivity contribution in [2.45, 2.75) is 38.8 Å². The van der Waals surface area contributed by atoms with Gasteiger partial charge in [0.05, 0.1) is 6.33 Å². The number of rotatable bonds is 7. The predicted octanol–water partition coefficient (Wildman–Crippen LogP) is 3.24. The van der Waals surface area contributed by atoms with Gasteiger partial charge in [-0.1, -0.05) is 13.0 Å². The van der Waals surface area contributed by atoms with Crippen LogP contribution in [0, 0.1) is 0 Å². The van der Waals surface area contributed by atoms with Crippen LogP contribution in [0.1, 0.15) is 30.7 Å². The Morgan fingerprint density at radius 2 is 2.04 bits per heavy atom. The second kappa shape index (κ2) is 7.01. The van der Waals surface area contributed by atoms with Crippen LogP contribution in [0.3, 0.4) is 0 Å². The van der Waals surface area contributed by atoms with Gasteiger partial charge in [0.1, 0.15) is 5.82 Å². The van der Waals surface area contributed by atoms with Gasteiger partial charge in [0, 0.05) is 43.8 Å². The molecule has 25 heavy (non-hydrogen) atoms. The molecule has 1 aliphatic heterocycles. The molecule has 1 unspecified atom stereocenters. The van der Waals surface area contributed by atoms with Gasteiger partial charge in [-0.05, 0) is 30.5 Å². The number of hydrogen-bond donors (Lipinski definition) is 0. The molecule has 3 aromatic rings. The summed E-state index contributed by atoms with van der Waals surface area (Å²) in [5.74, 6) is 3.14. The van der Waals surface area contributed by atoms with E-state index in [1.165, 1.54) is 5.56 Å². The number of benzene rings is 1. The number of hydrogen-bond acceptors (Lipinski definition) is 4. The maximum Gasteiger partial charge on any atom is 0.231 e. The molecule has 0 radical (unpaired) electrons. The summed E-state index contributed by atoms with van der Waals surface area (Å²) in [5.41, 5.74) is 1.24. The molecule has 0 saturated heterocycles. The smallest absolute Gasteiger partial charge is 0.231 e. The fourth-order valence-corrected chi connectivity index (χ4v) is 3.30. The van der Waals surface area contributed by atoms with Gasteiger partial charge in [0.25, 0.3) is 0 Å². The molecule has 4 rings (SSSR count). The number of nitrogens with zero attached hydrogens (tertiary/aromatic N) is 4. The molecule has 6 heteroatoms. The summed E-state index contributed by atoms with van der Waals surface area (Å²) in [6.45, 7) is 4.46. The Hall–Kier alpha value is -2.76. The lowest BCUT2D eigenvalue weighted by Crippen LogP contribution is -2.10. The monoisotopic (exact) mass is 338 g/mol. The summed E-state index contributed by atoms with van der Waals surface area (Å²) in [6, 6.07) is 6.17. The Morgan fingerprint density at radius 1 is 1.12 bits per heavy atom. The van der Waals surface area contributed by atoms with E-state index in [4.69, 9.17) is 9.47 Å². The zero-order chi connectivity index (χ0) is 17.1. The Labute approximate surface area is 147 Å². The molecule has 3 heterocycles. The molecule has 0 fully saturated rings. The summed E-state index contributed by atoms with van der Waals surface area (Å²) in [5, 5.41) is 0. The van der Waals surface area contributed by atoms with Crippen molar-refractivity contribution in [2.24, 2.45) is 0 Å². The molecule has 0 amide bonds. The lowest BCUT2D eigenvalue weighted by Gasteiger charge is -2.15. The number of ether oxygens (including phenoxy) is 2. The molecule has 6 nitrogen and oxygen atoms in total. The van der Waals surface area contributed by atoms with E-state index < -0.39 is 0 Å². The number of aromatic nitrogens is 4. The molecule has 130 valence electrons. The Bertz CT molecular complexity index is 826. The van der Waals surface area contributed by atoms with Crippen LogP contribution in [0.4, 0.5) is 0 Å². The van der Waals surface area contributed by atoms with Crippen molar-refractivity contribution < 1.29 is 9.47 Å². The molecule has 0 bridgehead atoms. The summed E-state index contributed by atoms with van der Waals surface area (Å²) in [4.78, 5) is 8.67. The third-order valence-corrected chi connectivity index (χ3v) is 4.54. The van der Waals surface area contributed by atoms with Crippen molar-refractivity contribution in [1.29, 1.82) is 0 Å². The molecule has 0 saturated carbocycles. The van der Waals surface area contributed by atoms with Gasteiger partial charge in [-0.15, -0.1) is 0 Å². The van der Waals surface area contributed by atoms with Crippen molar-refractivity contribution in [3.63, 3.8) is 0 Å². The third-order valence-electron chi connectivity index (χ3n) is 4.54. The van der Waals surface area contributed by atoms with Crippen molar-refractivity contribution in [3.05, 3.63) is 60.7 Å². The summed E-state index contributed by atoms with van der Waals surface area (Å²) in [7, 11) is 0. The highest BCUT2D eigenvalue weighted by atomic mass is 16.7. The first-order valence-corrected chi connectivity index (χ1v) is 8.65. The first-order valence-electron chi connectivity index (χ1n) is 8.65. The molecule has 0 aliphatic carbocycles. The van der Waals surface area contributed by atoms with E-state index in [0.717, 1.165) is 43.3 Å². The van der Waals surface area contributed by atoms with E-state index in [9.17, 15) is 0 Å². The molecule has 2 aromatic heterocycles. The molecule has 0 spiro atoms. The van der Waals surface area contributed by atoms with Crippen LogP contribution in [0.25, 0.3) is 0 Å². The van der Waals surface area contributed by atoms with E-state index in [1.807, 2.05) is 31.0 Å². The van der Waals surface area contributed by atoms with Gasteiger partial charge < -0.3 is 18.6 Å². The average Bonchev–Trinajstić information content (AvgIpc) is 3.36. The Morgan fingerprint density at radius 3 is 2.92 bits per heavy atom. The Kier molecular flexibility index (Phi) is 4.41. The topological polar surface area (TPSA) is 54.1 Å². The zero-order valence-electron chi connectivity index (χ0n) is 14.3. The average molecular weight is 338 g/mol. The molecule has 0 N–H and O–H groups in total. The summed E-state index contributed by atoms with van der Waals surface area (Å²) in [6.07, 6.45) is 11.6. The lowest BCUT2D eigenvalue weighted by atomic mass is 10.00. The third kappa shape index (κ3) is 3.52. The van der Waals surface area contributed by atoms with Gasteiger partial charge in [-0.3, -0.25) is 0 Å². The van der Waals surface area contributed by atoms with Gasteiger partial charge in [0.15, 0.2) is 11.5 Å². The van der Waals surface area contributed by atoms with E-state index in [0.29, 0.717) is 12.7 Å². The van der Waals surface area contributed by atoms with Gasteiger partial charge in [0.2, 0.25) is 6.79 Å². The predicted molar refractivity (Wildman–Crippen MR) is 93.8 cm³/mol. The van der Waals surface area contributed by atoms with E-state index in [2.05, 4.69) is 44.4 Å². The van der Waals surface area contributed by atoms with Crippen LogP contribution < -0.4 is 9.47 Å². The second-order valence-corrected chi connectivity index (χ2v) is 6.43. The maximum atomic E-state index is 5.47. The van der Waals surface area contributed by atoms with Crippen LogP contribution in [0.2, 0.25) is 0 Å². The number of imidazole rings is 2. The standard InChI is InChI=1S/C19H22N4O2/c1-15(11-16-3-4-17-18(12-16)25-14-24-17)19-21-6-10-23(19)8-2-7-22-9-5-20-13-22/h3-6,9-10,12-13,15H,2,7-8,11,14H2,1H3. The lowest BCUT2D eigenvalue weighted by molar-refractivity contribution is 0.174. The van der Waals surface area contributed by atoms with Crippen LogP contribution in [-0.4, -0.2) is 25.9 Å². The molecular formula is C19H22N4O2. The van der Waals surface area contributed by atoms with E-state index in [-0.39, 0.29) is 0 Å². The van der Waals surface area contributed by atoms with Gasteiger partial charge >= 0.3 is 0 Å². The minimum Gasteiger partial charge on any atom is -0.454 e. The van der Waals surface area contributed by atoms with Crippen molar-refractivity contribution in [1.82, 2.24) is 19.1 Å². The first kappa shape index (κ1) is 15.7. The van der Waals surface area contributed by atoms with E-state index >= 15 is 0 Å². The van der Waals surface area contributed by atoms with Crippen LogP contribution >= 0.6 is 0 Å². The molecular weight excluding hydrogens is 316 g/mol. The highest BCUT2D eigenvalue weighted by molar-refractivity contribution is 5.44. The minimum absolute atomic E-state index is 0.315. The quantitative estimate of drug-likeness (QED) is 0.664. The normalized spacial score (nSPS) is 14.0. The number of aryl methyl sites for hydroxylation is 2. The zero-order valence-corrected chi connectivity index (χ0v) is 14.3. The largest absolute Gasteiger partial charge is 0.454 e. The van der Waals surface area contributed by atoms with Crippen LogP contribution in [-0.2, 0) is 19.5 Å². The highest BCUT2D eigenvalue weighted by Gasteiger charge is 2.17. The van der Waals surface area contributed by atoms with Crippen LogP contribution in [0.15, 0.2) is 49.3 Å². The van der Waals surface area contributed by atoms with Crippen LogP contribution in [0.5, 0.6) is 11.5 Å². The fraction of sp³-hybridized carbons (Fsp3) is 0.368. The van der Waals surface area contributed by atoms with Crippen molar-refractivity contribution >= 4 is 0 Å². The molecule has 1 aliphatic rings. The minimum atomic E-state index is 0.315. The highest BCUT2D eigenvalue weighted by Crippen LogP contribution is 2.33. The fourth-order valence-electron chi connectivity index (χ4n) is 3.30. The van der Waals surface area contributed by atoms with E-state index in [1.54, 1.807) is 0 Å². The summed E-state index contributed by atoms with van der Waals surface area (Å²) < 4.78 is 15.2. The van der Waals surface area contributed by atoms with Gasteiger partial charge in [-0.2, -0.15) is 0 Å². The van der Waals surface area contributed by atoms with Crippen molar-refractivity contribution in [2.75, 3.05) is 6.79 Å². The maximum absolute atomic E-state index is 5.47. The van der Waals surface area contributed by atoms with Gasteiger partial charge in [-0.25, -0.2) is 9.97 Å². The molecule has 1 aromatic carbocycles. The SMILES string of the molecule is CC(Cc1ccc2c(c1)OCO2)c1nccn1CCCn1ccnc1. The second-order valence-electron chi connectivity index (χ2n) is 6.43. The first-order chi connectivity index (χ1) is 12.3. The summed E-state index contributed by atoms with van der Waals surface area (Å²) >= 11 is 0. The van der Waals surface area contributed by atoms with Crippen molar-refractivity contribution in [3.8, 4) is 11.5 Å². The Balaban J connectivity index is 1.39. The molecule has 1 atom stereocenters. The number of fused-ring (bicyclic) bond motifs is 1.